The zero-order valence-corrected chi connectivity index (χ0v) is 19.5. The van der Waals surface area contributed by atoms with E-state index in [0.717, 1.165) is 5.56 Å². The molecule has 7 heteroatoms. The first-order valence-electron chi connectivity index (χ1n) is 11.1. The van der Waals surface area contributed by atoms with Crippen molar-refractivity contribution in [3.8, 4) is 0 Å². The third-order valence-electron chi connectivity index (χ3n) is 6.14. The second kappa shape index (κ2) is 9.09. The number of carbonyl (C=O) groups excluding carboxylic acids is 4. The maximum atomic E-state index is 13.6. The molecule has 3 aromatic rings. The molecule has 2 unspecified atom stereocenters. The summed E-state index contributed by atoms with van der Waals surface area (Å²) in [6.45, 7) is 7.33. The zero-order chi connectivity index (χ0) is 24.6. The first kappa shape index (κ1) is 23.2. The van der Waals surface area contributed by atoms with Gasteiger partial charge in [-0.25, -0.2) is 0 Å². The van der Waals surface area contributed by atoms with Crippen molar-refractivity contribution in [3.05, 3.63) is 88.6 Å². The topological polar surface area (TPSA) is 97.3 Å². The van der Waals surface area contributed by atoms with Gasteiger partial charge in [-0.2, -0.15) is 5.10 Å². The summed E-state index contributed by atoms with van der Waals surface area (Å²) in [5.74, 6) is -2.90. The smallest absolute Gasteiger partial charge is 0.295 e. The number of ketones is 3. The number of aryl methyl sites for hydroxylation is 1. The fourth-order valence-corrected chi connectivity index (χ4v) is 4.17. The highest BCUT2D eigenvalue weighted by molar-refractivity contribution is 6.48. The number of benzene rings is 2. The molecule has 0 spiro atoms. The molecule has 0 aliphatic carbocycles. The van der Waals surface area contributed by atoms with Crippen LogP contribution in [0.15, 0.2) is 60.7 Å². The van der Waals surface area contributed by atoms with Crippen LogP contribution in [0, 0.1) is 12.8 Å². The number of carbonyl (C=O) groups is 4. The predicted octanol–water partition coefficient (Wildman–Crippen LogP) is 4.27. The van der Waals surface area contributed by atoms with Crippen molar-refractivity contribution < 1.29 is 19.2 Å². The molecule has 4 rings (SSSR count). The molecule has 1 fully saturated rings. The quantitative estimate of drug-likeness (QED) is 0.313. The summed E-state index contributed by atoms with van der Waals surface area (Å²) in [6, 6.07) is 16.1. The number of nitrogens with zero attached hydrogens (tertiary/aromatic N) is 3. The van der Waals surface area contributed by atoms with Crippen LogP contribution in [0.3, 0.4) is 0 Å². The minimum absolute atomic E-state index is 0.107. The Morgan fingerprint density at radius 2 is 1.47 bits per heavy atom. The standard InChI is InChI=1S/C27H25N3O4/c1-15(2)18-6-12-21(13-7-18)25(32)23-24(20-10-8-19(9-11-20)17(4)31)30(27(34)26(23)33)22-14-5-16(3)28-29-22/h5-15,23-24H,1-4H3. The summed E-state index contributed by atoms with van der Waals surface area (Å²) < 4.78 is 0. The maximum absolute atomic E-state index is 13.6. The van der Waals surface area contributed by atoms with Crippen LogP contribution in [0.5, 0.6) is 0 Å². The molecular weight excluding hydrogens is 430 g/mol. The van der Waals surface area contributed by atoms with E-state index in [1.807, 2.05) is 12.1 Å². The minimum atomic E-state index is -1.25. The number of anilines is 1. The second-order valence-corrected chi connectivity index (χ2v) is 8.81. The highest BCUT2D eigenvalue weighted by Gasteiger charge is 2.52. The summed E-state index contributed by atoms with van der Waals surface area (Å²) >= 11 is 0. The van der Waals surface area contributed by atoms with Crippen molar-refractivity contribution in [2.75, 3.05) is 4.90 Å². The Kier molecular flexibility index (Phi) is 6.20. The Balaban J connectivity index is 1.81. The normalized spacial score (nSPS) is 18.0. The van der Waals surface area contributed by atoms with Crippen LogP contribution in [-0.4, -0.2) is 33.5 Å². The average Bonchev–Trinajstić information content (AvgIpc) is 3.09. The molecule has 2 heterocycles. The molecule has 2 aromatic carbocycles. The molecule has 1 aliphatic rings. The van der Waals surface area contributed by atoms with E-state index >= 15 is 0 Å². The molecule has 0 radical (unpaired) electrons. The molecule has 2 atom stereocenters. The van der Waals surface area contributed by atoms with Crippen LogP contribution in [0.1, 0.15) is 70.3 Å². The minimum Gasteiger partial charge on any atom is -0.295 e. The van der Waals surface area contributed by atoms with Crippen LogP contribution in [0.2, 0.25) is 0 Å². The van der Waals surface area contributed by atoms with E-state index in [2.05, 4.69) is 24.0 Å². The van der Waals surface area contributed by atoms with Crippen LogP contribution in [0.25, 0.3) is 0 Å². The molecule has 1 saturated heterocycles. The highest BCUT2D eigenvalue weighted by atomic mass is 16.2. The van der Waals surface area contributed by atoms with Gasteiger partial charge in [-0.15, -0.1) is 5.10 Å². The van der Waals surface area contributed by atoms with Crippen molar-refractivity contribution in [2.24, 2.45) is 5.92 Å². The number of Topliss-reactive ketones (excluding diaryl/α,β-unsaturated/α-hetero) is 3. The van der Waals surface area contributed by atoms with Crippen LogP contribution in [0.4, 0.5) is 5.82 Å². The summed E-state index contributed by atoms with van der Waals surface area (Å²) in [5, 5.41) is 8.12. The number of hydrogen-bond acceptors (Lipinski definition) is 6. The Bertz CT molecular complexity index is 1260. The van der Waals surface area contributed by atoms with E-state index < -0.39 is 29.4 Å². The SMILES string of the molecule is CC(=O)c1ccc(C2C(C(=O)c3ccc(C(C)C)cc3)C(=O)C(=O)N2c2ccc(C)nn2)cc1. The molecule has 0 N–H and O–H groups in total. The van der Waals surface area contributed by atoms with E-state index in [9.17, 15) is 19.2 Å². The van der Waals surface area contributed by atoms with Gasteiger partial charge in [0.25, 0.3) is 5.91 Å². The number of rotatable bonds is 6. The first-order chi connectivity index (χ1) is 16.2. The third kappa shape index (κ3) is 4.17. The highest BCUT2D eigenvalue weighted by Crippen LogP contribution is 2.40. The van der Waals surface area contributed by atoms with Crippen molar-refractivity contribution in [3.63, 3.8) is 0 Å². The Morgan fingerprint density at radius 3 is 2.00 bits per heavy atom. The molecule has 0 saturated carbocycles. The zero-order valence-electron chi connectivity index (χ0n) is 19.5. The molecule has 34 heavy (non-hydrogen) atoms. The van der Waals surface area contributed by atoms with E-state index in [0.29, 0.717) is 28.3 Å². The van der Waals surface area contributed by atoms with Crippen molar-refractivity contribution in [1.29, 1.82) is 0 Å². The average molecular weight is 456 g/mol. The molecule has 1 aliphatic heterocycles. The van der Waals surface area contributed by atoms with Crippen LogP contribution >= 0.6 is 0 Å². The first-order valence-corrected chi connectivity index (χ1v) is 11.1. The number of hydrogen-bond donors (Lipinski definition) is 0. The van der Waals surface area contributed by atoms with Crippen LogP contribution < -0.4 is 4.90 Å². The van der Waals surface area contributed by atoms with Crippen molar-refractivity contribution in [1.82, 2.24) is 10.2 Å². The lowest BCUT2D eigenvalue weighted by Gasteiger charge is -2.26. The number of aromatic nitrogens is 2. The van der Waals surface area contributed by atoms with Gasteiger partial charge in [-0.3, -0.25) is 24.1 Å². The Morgan fingerprint density at radius 1 is 0.853 bits per heavy atom. The largest absolute Gasteiger partial charge is 0.297 e. The molecule has 1 amide bonds. The van der Waals surface area contributed by atoms with Gasteiger partial charge in [0.2, 0.25) is 5.78 Å². The molecule has 172 valence electrons. The lowest BCUT2D eigenvalue weighted by molar-refractivity contribution is -0.135. The Labute approximate surface area is 197 Å². The monoisotopic (exact) mass is 455 g/mol. The molecule has 7 nitrogen and oxygen atoms in total. The van der Waals surface area contributed by atoms with E-state index in [1.54, 1.807) is 55.5 Å². The van der Waals surface area contributed by atoms with E-state index in [1.165, 1.54) is 11.8 Å². The molecular formula is C27H25N3O4. The van der Waals surface area contributed by atoms with Gasteiger partial charge in [0.05, 0.1) is 11.7 Å². The Hall–Kier alpha value is -4.00. The van der Waals surface area contributed by atoms with Gasteiger partial charge in [-0.05, 0) is 43.0 Å². The van der Waals surface area contributed by atoms with Gasteiger partial charge >= 0.3 is 0 Å². The van der Waals surface area contributed by atoms with Gasteiger partial charge in [0.15, 0.2) is 17.4 Å². The van der Waals surface area contributed by atoms with Crippen LogP contribution in [-0.2, 0) is 9.59 Å². The fourth-order valence-electron chi connectivity index (χ4n) is 4.17. The number of amides is 1. The third-order valence-corrected chi connectivity index (χ3v) is 6.14. The van der Waals surface area contributed by atoms with E-state index in [4.69, 9.17) is 0 Å². The van der Waals surface area contributed by atoms with Gasteiger partial charge in [0.1, 0.15) is 5.92 Å². The maximum Gasteiger partial charge on any atom is 0.297 e. The second-order valence-electron chi connectivity index (χ2n) is 8.81. The molecule has 1 aromatic heterocycles. The van der Waals surface area contributed by atoms with Crippen molar-refractivity contribution in [2.45, 2.75) is 39.7 Å². The molecule has 0 bridgehead atoms. The van der Waals surface area contributed by atoms with Gasteiger partial charge in [0, 0.05) is 11.1 Å². The summed E-state index contributed by atoms with van der Waals surface area (Å²) in [7, 11) is 0. The summed E-state index contributed by atoms with van der Waals surface area (Å²) in [6.07, 6.45) is 0. The summed E-state index contributed by atoms with van der Waals surface area (Å²) in [4.78, 5) is 52.9. The van der Waals surface area contributed by atoms with Gasteiger partial charge < -0.3 is 0 Å². The summed E-state index contributed by atoms with van der Waals surface area (Å²) in [5.41, 5.74) is 3.13. The fraction of sp³-hybridized carbons (Fsp3) is 0.259. The lowest BCUT2D eigenvalue weighted by Crippen LogP contribution is -2.31. The van der Waals surface area contributed by atoms with Gasteiger partial charge in [-0.1, -0.05) is 62.4 Å². The van der Waals surface area contributed by atoms with Crippen molar-refractivity contribution >= 4 is 29.1 Å². The predicted molar refractivity (Wildman–Crippen MR) is 127 cm³/mol. The van der Waals surface area contributed by atoms with E-state index in [-0.39, 0.29) is 11.6 Å². The lowest BCUT2D eigenvalue weighted by atomic mass is 9.85.